The summed E-state index contributed by atoms with van der Waals surface area (Å²) in [5, 5.41) is 12.0. The molecular formula is C9H6NO-. The zero-order chi connectivity index (χ0) is 7.68. The summed E-state index contributed by atoms with van der Waals surface area (Å²) in [6, 6.07) is 10.9. The first kappa shape index (κ1) is 6.16. The van der Waals surface area contributed by atoms with Crippen molar-refractivity contribution in [3.63, 3.8) is 0 Å². The van der Waals surface area contributed by atoms with Crippen molar-refractivity contribution in [1.29, 1.82) is 0 Å². The van der Waals surface area contributed by atoms with E-state index in [4.69, 9.17) is 0 Å². The van der Waals surface area contributed by atoms with Crippen LogP contribution in [0.5, 0.6) is 0 Å². The first-order chi connectivity index (χ1) is 5.38. The van der Waals surface area contributed by atoms with Crippen molar-refractivity contribution in [3.05, 3.63) is 47.8 Å². The van der Waals surface area contributed by atoms with Gasteiger partial charge in [-0.05, 0) is 6.07 Å². The minimum atomic E-state index is 0.662. The summed E-state index contributed by atoms with van der Waals surface area (Å²) in [5.41, 5.74) is 0.662. The summed E-state index contributed by atoms with van der Waals surface area (Å²) >= 11 is 0. The van der Waals surface area contributed by atoms with Crippen LogP contribution in [0.15, 0.2) is 36.4 Å². The van der Waals surface area contributed by atoms with Crippen LogP contribution in [-0.4, -0.2) is 0 Å². The van der Waals surface area contributed by atoms with Gasteiger partial charge in [0.1, 0.15) is 11.7 Å². The Hall–Kier alpha value is -1.57. The Morgan fingerprint density at radius 1 is 1.18 bits per heavy atom. The first-order valence-electron chi connectivity index (χ1n) is 3.37. The van der Waals surface area contributed by atoms with E-state index in [0.29, 0.717) is 5.52 Å². The maximum Gasteiger partial charge on any atom is 0.125 e. The SMILES string of the molecule is [O-][n+]1[c-]ccc2ccccc21. The molecule has 2 rings (SSSR count). The van der Waals surface area contributed by atoms with Crippen molar-refractivity contribution in [2.24, 2.45) is 0 Å². The van der Waals surface area contributed by atoms with Crippen molar-refractivity contribution in [2.45, 2.75) is 0 Å². The molecule has 11 heavy (non-hydrogen) atoms. The molecule has 1 aromatic heterocycles. The molecule has 0 spiro atoms. The average Bonchev–Trinajstić information content (AvgIpc) is 2.06. The summed E-state index contributed by atoms with van der Waals surface area (Å²) in [6.07, 6.45) is 2.54. The summed E-state index contributed by atoms with van der Waals surface area (Å²) < 4.78 is 0.745. The molecule has 1 heterocycles. The van der Waals surface area contributed by atoms with Gasteiger partial charge in [0.25, 0.3) is 0 Å². The molecule has 1 aromatic carbocycles. The number of hydrogen-bond donors (Lipinski definition) is 0. The maximum absolute atomic E-state index is 11.0. The lowest BCUT2D eigenvalue weighted by molar-refractivity contribution is -0.581. The second-order valence-corrected chi connectivity index (χ2v) is 2.32. The monoisotopic (exact) mass is 144 g/mol. The van der Waals surface area contributed by atoms with Gasteiger partial charge in [-0.15, -0.1) is 6.07 Å². The Balaban J connectivity index is 2.91. The van der Waals surface area contributed by atoms with Gasteiger partial charge in [0.2, 0.25) is 0 Å². The molecule has 54 valence electrons. The fourth-order valence-corrected chi connectivity index (χ4v) is 1.08. The highest BCUT2D eigenvalue weighted by molar-refractivity contribution is 5.74. The van der Waals surface area contributed by atoms with Gasteiger partial charge in [-0.1, -0.05) is 23.6 Å². The molecule has 2 nitrogen and oxygen atoms in total. The van der Waals surface area contributed by atoms with Crippen molar-refractivity contribution >= 4 is 10.9 Å². The lowest BCUT2D eigenvalue weighted by atomic mass is 10.2. The van der Waals surface area contributed by atoms with Crippen LogP contribution in [0.3, 0.4) is 0 Å². The zero-order valence-corrected chi connectivity index (χ0v) is 5.82. The highest BCUT2D eigenvalue weighted by Gasteiger charge is 1.89. The van der Waals surface area contributed by atoms with E-state index >= 15 is 0 Å². The lowest BCUT2D eigenvalue weighted by Gasteiger charge is -2.06. The van der Waals surface area contributed by atoms with Gasteiger partial charge in [-0.25, -0.2) is 0 Å². The van der Waals surface area contributed by atoms with Crippen molar-refractivity contribution in [3.8, 4) is 0 Å². The van der Waals surface area contributed by atoms with E-state index in [2.05, 4.69) is 6.20 Å². The number of benzene rings is 1. The molecular weight excluding hydrogens is 138 g/mol. The summed E-state index contributed by atoms with van der Waals surface area (Å²) in [7, 11) is 0. The van der Waals surface area contributed by atoms with Gasteiger partial charge in [-0.3, -0.25) is 4.73 Å². The van der Waals surface area contributed by atoms with Gasteiger partial charge < -0.3 is 5.21 Å². The highest BCUT2D eigenvalue weighted by atomic mass is 16.5. The molecule has 0 radical (unpaired) electrons. The van der Waals surface area contributed by atoms with Gasteiger partial charge in [-0.2, -0.15) is 6.07 Å². The molecule has 0 N–H and O–H groups in total. The summed E-state index contributed by atoms with van der Waals surface area (Å²) in [5.74, 6) is 0. The molecule has 0 amide bonds. The molecule has 2 heteroatoms. The highest BCUT2D eigenvalue weighted by Crippen LogP contribution is 2.06. The van der Waals surface area contributed by atoms with E-state index in [1.165, 1.54) is 0 Å². The van der Waals surface area contributed by atoms with E-state index < -0.39 is 0 Å². The van der Waals surface area contributed by atoms with Crippen molar-refractivity contribution in [2.75, 3.05) is 0 Å². The lowest BCUT2D eigenvalue weighted by Crippen LogP contribution is -2.26. The molecule has 0 atom stereocenters. The Morgan fingerprint density at radius 3 is 2.82 bits per heavy atom. The molecule has 0 aliphatic heterocycles. The van der Waals surface area contributed by atoms with Gasteiger partial charge in [0, 0.05) is 0 Å². The second-order valence-electron chi connectivity index (χ2n) is 2.32. The third-order valence-electron chi connectivity index (χ3n) is 1.61. The number of aromatic nitrogens is 1. The molecule has 0 fully saturated rings. The first-order valence-corrected chi connectivity index (χ1v) is 3.37. The van der Waals surface area contributed by atoms with E-state index in [-0.39, 0.29) is 0 Å². The van der Waals surface area contributed by atoms with Gasteiger partial charge in [0.15, 0.2) is 0 Å². The fourth-order valence-electron chi connectivity index (χ4n) is 1.08. The second kappa shape index (κ2) is 2.23. The minimum absolute atomic E-state index is 0.662. The molecule has 0 bridgehead atoms. The number of para-hydroxylation sites is 1. The van der Waals surface area contributed by atoms with E-state index in [9.17, 15) is 5.21 Å². The van der Waals surface area contributed by atoms with E-state index in [1.54, 1.807) is 12.1 Å². The van der Waals surface area contributed by atoms with Crippen LogP contribution in [0, 0.1) is 11.4 Å². The van der Waals surface area contributed by atoms with Crippen LogP contribution in [0.4, 0.5) is 0 Å². The molecule has 0 aliphatic rings. The van der Waals surface area contributed by atoms with Crippen LogP contribution in [0.25, 0.3) is 10.9 Å². The average molecular weight is 144 g/mol. The smallest absolute Gasteiger partial charge is 0.125 e. The van der Waals surface area contributed by atoms with Crippen LogP contribution >= 0.6 is 0 Å². The predicted octanol–water partition coefficient (Wildman–Crippen LogP) is 1.27. The van der Waals surface area contributed by atoms with Crippen molar-refractivity contribution < 1.29 is 4.73 Å². The maximum atomic E-state index is 11.0. The Morgan fingerprint density at radius 2 is 2.00 bits per heavy atom. The van der Waals surface area contributed by atoms with Gasteiger partial charge >= 0.3 is 0 Å². The van der Waals surface area contributed by atoms with Crippen LogP contribution < -0.4 is 4.73 Å². The number of rotatable bonds is 0. The number of hydrogen-bond acceptors (Lipinski definition) is 1. The van der Waals surface area contributed by atoms with Crippen LogP contribution in [0.2, 0.25) is 0 Å². The number of pyridine rings is 1. The molecule has 0 unspecified atom stereocenters. The minimum Gasteiger partial charge on any atom is -0.640 e. The standard InChI is InChI=1S/C9H6NO/c11-10-7-3-5-8-4-1-2-6-9(8)10/h1-6H/q-1. The van der Waals surface area contributed by atoms with Crippen molar-refractivity contribution in [1.82, 2.24) is 0 Å². The van der Waals surface area contributed by atoms with Crippen LogP contribution in [-0.2, 0) is 0 Å². The molecule has 0 aliphatic carbocycles. The molecule has 0 saturated carbocycles. The normalized spacial score (nSPS) is 10.2. The van der Waals surface area contributed by atoms with Crippen LogP contribution in [0.1, 0.15) is 0 Å². The Bertz CT molecular complexity index is 379. The molecule has 0 saturated heterocycles. The summed E-state index contributed by atoms with van der Waals surface area (Å²) in [6.45, 7) is 0. The largest absolute Gasteiger partial charge is 0.640 e. The number of fused-ring (bicyclic) bond motifs is 1. The Labute approximate surface area is 64.3 Å². The van der Waals surface area contributed by atoms with Gasteiger partial charge in [0.05, 0.1) is 0 Å². The Kier molecular flexibility index (Phi) is 1.25. The topological polar surface area (TPSA) is 26.9 Å². The third-order valence-corrected chi connectivity index (χ3v) is 1.61. The predicted molar refractivity (Wildman–Crippen MR) is 41.7 cm³/mol. The summed E-state index contributed by atoms with van der Waals surface area (Å²) in [4.78, 5) is 0. The third kappa shape index (κ3) is 0.923. The quantitative estimate of drug-likeness (QED) is 0.311. The fraction of sp³-hybridized carbons (Fsp3) is 0. The van der Waals surface area contributed by atoms with E-state index in [0.717, 1.165) is 10.1 Å². The molecule has 2 aromatic rings. The van der Waals surface area contributed by atoms with E-state index in [1.807, 2.05) is 24.3 Å². The number of nitrogens with zero attached hydrogens (tertiary/aromatic N) is 1. The zero-order valence-electron chi connectivity index (χ0n) is 5.82.